The Hall–Kier alpha value is -0.830. The second kappa shape index (κ2) is 5.77. The molecule has 0 aromatic carbocycles. The minimum Gasteiger partial charge on any atom is -0.465 e. The smallest absolute Gasteiger partial charge is 0.348 e. The van der Waals surface area contributed by atoms with Gasteiger partial charge in [-0.2, -0.15) is 0 Å². The van der Waals surface area contributed by atoms with Gasteiger partial charge in [0.2, 0.25) is 0 Å². The van der Waals surface area contributed by atoms with Crippen molar-refractivity contribution in [3.63, 3.8) is 0 Å². The summed E-state index contributed by atoms with van der Waals surface area (Å²) in [6, 6.07) is 1.82. The molecule has 0 fully saturated rings. The van der Waals surface area contributed by atoms with Crippen LogP contribution in [0.4, 0.5) is 0 Å². The second-order valence-corrected chi connectivity index (χ2v) is 2.89. The van der Waals surface area contributed by atoms with Gasteiger partial charge in [-0.1, -0.05) is 13.8 Å². The summed E-state index contributed by atoms with van der Waals surface area (Å²) in [4.78, 5) is 11.5. The van der Waals surface area contributed by atoms with Crippen LogP contribution >= 0.6 is 11.3 Å². The van der Waals surface area contributed by atoms with Crippen LogP contribution in [0.15, 0.2) is 11.4 Å². The van der Waals surface area contributed by atoms with Gasteiger partial charge in [0.25, 0.3) is 0 Å². The van der Waals surface area contributed by atoms with E-state index in [0.29, 0.717) is 4.88 Å². The number of rotatable bonds is 1. The van der Waals surface area contributed by atoms with Crippen LogP contribution in [-0.2, 0) is 4.74 Å². The SMILES string of the molecule is CC.COC(=O)c1cc(C)cs1. The van der Waals surface area contributed by atoms with Crippen molar-refractivity contribution in [2.24, 2.45) is 0 Å². The quantitative estimate of drug-likeness (QED) is 0.630. The first kappa shape index (κ1) is 11.2. The summed E-state index contributed by atoms with van der Waals surface area (Å²) in [5, 5.41) is 1.92. The molecule has 0 radical (unpaired) electrons. The molecule has 12 heavy (non-hydrogen) atoms. The van der Waals surface area contributed by atoms with Crippen LogP contribution < -0.4 is 0 Å². The van der Waals surface area contributed by atoms with Crippen molar-refractivity contribution in [1.29, 1.82) is 0 Å². The summed E-state index contributed by atoms with van der Waals surface area (Å²) in [7, 11) is 1.39. The Morgan fingerprint density at radius 1 is 1.50 bits per heavy atom. The molecule has 1 aromatic rings. The Morgan fingerprint density at radius 2 is 2.08 bits per heavy atom. The van der Waals surface area contributed by atoms with E-state index in [2.05, 4.69) is 4.74 Å². The van der Waals surface area contributed by atoms with Gasteiger partial charge in [-0.05, 0) is 23.9 Å². The molecule has 1 aromatic heterocycles. The van der Waals surface area contributed by atoms with E-state index < -0.39 is 0 Å². The summed E-state index contributed by atoms with van der Waals surface area (Å²) in [6.45, 7) is 5.95. The fourth-order valence-corrected chi connectivity index (χ4v) is 1.45. The first-order valence-electron chi connectivity index (χ1n) is 3.87. The third-order valence-electron chi connectivity index (χ3n) is 1.12. The minimum atomic E-state index is -0.252. The normalized spacial score (nSPS) is 8.33. The molecule has 0 aliphatic rings. The van der Waals surface area contributed by atoms with Crippen molar-refractivity contribution in [2.75, 3.05) is 7.11 Å². The number of hydrogen-bond donors (Lipinski definition) is 0. The van der Waals surface area contributed by atoms with Crippen LogP contribution in [0.5, 0.6) is 0 Å². The molecule has 0 aliphatic heterocycles. The van der Waals surface area contributed by atoms with Gasteiger partial charge in [-0.3, -0.25) is 0 Å². The van der Waals surface area contributed by atoms with E-state index in [4.69, 9.17) is 0 Å². The van der Waals surface area contributed by atoms with Gasteiger partial charge in [-0.15, -0.1) is 11.3 Å². The van der Waals surface area contributed by atoms with Crippen molar-refractivity contribution in [3.8, 4) is 0 Å². The van der Waals surface area contributed by atoms with Crippen LogP contribution in [0.3, 0.4) is 0 Å². The van der Waals surface area contributed by atoms with Gasteiger partial charge in [-0.25, -0.2) is 4.79 Å². The lowest BCUT2D eigenvalue weighted by atomic mass is 10.3. The summed E-state index contributed by atoms with van der Waals surface area (Å²) in [5.74, 6) is -0.252. The van der Waals surface area contributed by atoms with Gasteiger partial charge in [0.15, 0.2) is 0 Å². The average molecular weight is 186 g/mol. The van der Waals surface area contributed by atoms with E-state index >= 15 is 0 Å². The second-order valence-electron chi connectivity index (χ2n) is 1.98. The highest BCUT2D eigenvalue weighted by Crippen LogP contribution is 2.13. The van der Waals surface area contributed by atoms with Crippen LogP contribution in [0, 0.1) is 6.92 Å². The predicted molar refractivity (Wildman–Crippen MR) is 51.7 cm³/mol. The number of methoxy groups -OCH3 is 1. The van der Waals surface area contributed by atoms with Crippen LogP contribution in [-0.4, -0.2) is 13.1 Å². The first-order valence-corrected chi connectivity index (χ1v) is 4.75. The number of ether oxygens (including phenoxy) is 1. The van der Waals surface area contributed by atoms with E-state index in [-0.39, 0.29) is 5.97 Å². The maximum Gasteiger partial charge on any atom is 0.348 e. The minimum absolute atomic E-state index is 0.252. The average Bonchev–Trinajstić information content (AvgIpc) is 2.54. The van der Waals surface area contributed by atoms with E-state index in [1.54, 1.807) is 0 Å². The topological polar surface area (TPSA) is 26.3 Å². The van der Waals surface area contributed by atoms with Crippen molar-refractivity contribution >= 4 is 17.3 Å². The number of hydrogen-bond acceptors (Lipinski definition) is 3. The van der Waals surface area contributed by atoms with Crippen LogP contribution in [0.1, 0.15) is 29.1 Å². The van der Waals surface area contributed by atoms with E-state index in [0.717, 1.165) is 5.56 Å². The van der Waals surface area contributed by atoms with Crippen molar-refractivity contribution < 1.29 is 9.53 Å². The molecule has 0 saturated heterocycles. The zero-order valence-corrected chi connectivity index (χ0v) is 8.70. The van der Waals surface area contributed by atoms with Gasteiger partial charge in [0.1, 0.15) is 4.88 Å². The standard InChI is InChI=1S/C7H8O2S.C2H6/c1-5-3-6(10-4-5)7(8)9-2;1-2/h3-4H,1-2H3;1-2H3. The number of carbonyl (C=O) groups is 1. The van der Waals surface area contributed by atoms with Crippen LogP contribution in [0.25, 0.3) is 0 Å². The highest BCUT2D eigenvalue weighted by atomic mass is 32.1. The van der Waals surface area contributed by atoms with Gasteiger partial charge >= 0.3 is 5.97 Å². The number of thiophene rings is 1. The third-order valence-corrected chi connectivity index (χ3v) is 2.15. The Kier molecular flexibility index (Phi) is 5.37. The molecule has 0 amide bonds. The molecule has 0 spiro atoms. The molecule has 0 saturated carbocycles. The molecule has 68 valence electrons. The van der Waals surface area contributed by atoms with E-state index in [9.17, 15) is 4.79 Å². The Labute approximate surface area is 77.2 Å². The summed E-state index contributed by atoms with van der Waals surface area (Å²) in [6.07, 6.45) is 0. The zero-order valence-electron chi connectivity index (χ0n) is 7.88. The fraction of sp³-hybridized carbons (Fsp3) is 0.444. The Morgan fingerprint density at radius 3 is 2.42 bits per heavy atom. The molecular weight excluding hydrogens is 172 g/mol. The lowest BCUT2D eigenvalue weighted by molar-refractivity contribution is 0.0606. The molecule has 3 heteroatoms. The van der Waals surface area contributed by atoms with Crippen molar-refractivity contribution in [2.45, 2.75) is 20.8 Å². The monoisotopic (exact) mass is 186 g/mol. The molecule has 0 aliphatic carbocycles. The Balaban J connectivity index is 0.000000561. The van der Waals surface area contributed by atoms with Gasteiger partial charge in [0.05, 0.1) is 7.11 Å². The number of aryl methyl sites for hydroxylation is 1. The zero-order chi connectivity index (χ0) is 9.56. The molecule has 2 nitrogen and oxygen atoms in total. The highest BCUT2D eigenvalue weighted by molar-refractivity contribution is 7.12. The highest BCUT2D eigenvalue weighted by Gasteiger charge is 2.05. The van der Waals surface area contributed by atoms with Gasteiger partial charge < -0.3 is 4.74 Å². The maximum atomic E-state index is 10.8. The number of carbonyl (C=O) groups excluding carboxylic acids is 1. The predicted octanol–water partition coefficient (Wildman–Crippen LogP) is 2.87. The lowest BCUT2D eigenvalue weighted by Gasteiger charge is -1.90. The summed E-state index contributed by atoms with van der Waals surface area (Å²) >= 11 is 1.41. The van der Waals surface area contributed by atoms with Crippen molar-refractivity contribution in [1.82, 2.24) is 0 Å². The number of esters is 1. The first-order chi connectivity index (χ1) is 5.74. The van der Waals surface area contributed by atoms with Gasteiger partial charge in [0, 0.05) is 0 Å². The summed E-state index contributed by atoms with van der Waals surface area (Å²) in [5.41, 5.74) is 1.10. The molecule has 0 atom stereocenters. The fourth-order valence-electron chi connectivity index (χ4n) is 0.639. The van der Waals surface area contributed by atoms with E-state index in [1.807, 2.05) is 32.2 Å². The Bertz CT molecular complexity index is 240. The van der Waals surface area contributed by atoms with E-state index in [1.165, 1.54) is 18.4 Å². The maximum absolute atomic E-state index is 10.8. The van der Waals surface area contributed by atoms with Crippen molar-refractivity contribution in [3.05, 3.63) is 21.9 Å². The lowest BCUT2D eigenvalue weighted by Crippen LogP contribution is -1.96. The molecule has 0 N–H and O–H groups in total. The third kappa shape index (κ3) is 3.05. The molecule has 1 heterocycles. The summed E-state index contributed by atoms with van der Waals surface area (Å²) < 4.78 is 4.52. The molecule has 0 bridgehead atoms. The largest absolute Gasteiger partial charge is 0.465 e. The molecular formula is C9H14O2S. The molecule has 1 rings (SSSR count). The van der Waals surface area contributed by atoms with Crippen LogP contribution in [0.2, 0.25) is 0 Å². The molecule has 0 unspecified atom stereocenters.